The van der Waals surface area contributed by atoms with Crippen LogP contribution >= 0.6 is 0 Å². The third kappa shape index (κ3) is 2.23. The number of nitrogens with two attached hydrogens (primary N) is 1. The number of nitrogens with zero attached hydrogens (tertiary/aromatic N) is 2. The van der Waals surface area contributed by atoms with Crippen molar-refractivity contribution < 1.29 is 20.1 Å². The molecule has 1 aromatic rings. The Morgan fingerprint density at radius 1 is 1.63 bits per heavy atom. The van der Waals surface area contributed by atoms with E-state index < -0.39 is 35.8 Å². The zero-order chi connectivity index (χ0) is 14.4. The lowest BCUT2D eigenvalue weighted by molar-refractivity contribution is -0.103. The summed E-state index contributed by atoms with van der Waals surface area (Å²) in [5.74, 6) is 0.0477. The molecule has 1 aromatic heterocycles. The third-order valence-electron chi connectivity index (χ3n) is 3.28. The molecule has 106 valence electrons. The van der Waals surface area contributed by atoms with Crippen LogP contribution in [0.1, 0.15) is 20.1 Å². The first-order chi connectivity index (χ1) is 8.75. The molecule has 0 amide bonds. The molecule has 0 saturated carbocycles. The monoisotopic (exact) mass is 271 g/mol. The van der Waals surface area contributed by atoms with Gasteiger partial charge in [-0.25, -0.2) is 4.79 Å². The van der Waals surface area contributed by atoms with E-state index in [9.17, 15) is 20.1 Å². The molecule has 0 aromatic carbocycles. The highest BCUT2D eigenvalue weighted by atomic mass is 16.6. The van der Waals surface area contributed by atoms with Crippen molar-refractivity contribution >= 4 is 5.82 Å². The molecule has 2 rings (SSSR count). The summed E-state index contributed by atoms with van der Waals surface area (Å²) >= 11 is 0. The Hall–Kier alpha value is -1.48. The summed E-state index contributed by atoms with van der Waals surface area (Å²) < 4.78 is 6.42. The number of hydrogen-bond acceptors (Lipinski definition) is 7. The average molecular weight is 271 g/mol. The molecule has 1 saturated heterocycles. The Balaban J connectivity index is 2.42. The van der Waals surface area contributed by atoms with Gasteiger partial charge in [-0.1, -0.05) is 0 Å². The number of nitrogen functional groups attached to an aromatic ring is 1. The Kier molecular flexibility index (Phi) is 3.35. The minimum atomic E-state index is -1.73. The van der Waals surface area contributed by atoms with E-state index in [0.717, 1.165) is 4.57 Å². The van der Waals surface area contributed by atoms with Crippen molar-refractivity contribution in [3.8, 4) is 0 Å². The van der Waals surface area contributed by atoms with E-state index in [0.29, 0.717) is 0 Å². The van der Waals surface area contributed by atoms with Gasteiger partial charge in [0.1, 0.15) is 23.6 Å². The summed E-state index contributed by atoms with van der Waals surface area (Å²) in [4.78, 5) is 15.3. The zero-order valence-electron chi connectivity index (χ0n) is 10.6. The second-order valence-electron chi connectivity index (χ2n) is 4.91. The number of aliphatic hydroxyl groups is 3. The Labute approximate surface area is 109 Å². The lowest BCUT2D eigenvalue weighted by atomic mass is 9.94. The largest absolute Gasteiger partial charge is 0.391 e. The average Bonchev–Trinajstić information content (AvgIpc) is 2.52. The fourth-order valence-corrected chi connectivity index (χ4v) is 2.17. The molecule has 0 aliphatic carbocycles. The maximum Gasteiger partial charge on any atom is 0.351 e. The maximum absolute atomic E-state index is 11.7. The lowest BCUT2D eigenvalue weighted by Gasteiger charge is -2.27. The van der Waals surface area contributed by atoms with Crippen molar-refractivity contribution in [3.05, 3.63) is 22.7 Å². The molecule has 8 heteroatoms. The number of rotatable bonds is 2. The standard InChI is InChI=1S/C11H17N3O5/c1-5(15)7-8(16)11(2,18)9(19-7)14-4-3-6(12)13-10(14)17/h3-5,7-9,15-16,18H,1-2H3,(H2,12,13,17). The van der Waals surface area contributed by atoms with Crippen molar-refractivity contribution in [1.82, 2.24) is 9.55 Å². The lowest BCUT2D eigenvalue weighted by Crippen LogP contribution is -2.47. The molecule has 0 bridgehead atoms. The van der Waals surface area contributed by atoms with Crippen molar-refractivity contribution in [2.75, 3.05) is 5.73 Å². The zero-order valence-corrected chi connectivity index (χ0v) is 10.6. The molecular formula is C11H17N3O5. The molecule has 5 unspecified atom stereocenters. The minimum absolute atomic E-state index is 0.0477. The summed E-state index contributed by atoms with van der Waals surface area (Å²) in [7, 11) is 0. The molecular weight excluding hydrogens is 254 g/mol. The van der Waals surface area contributed by atoms with Gasteiger partial charge >= 0.3 is 5.69 Å². The molecule has 1 aliphatic rings. The van der Waals surface area contributed by atoms with Crippen molar-refractivity contribution in [2.45, 2.75) is 44.0 Å². The van der Waals surface area contributed by atoms with Gasteiger partial charge in [0.2, 0.25) is 0 Å². The highest BCUT2D eigenvalue weighted by Gasteiger charge is 2.54. The van der Waals surface area contributed by atoms with Gasteiger partial charge in [0.15, 0.2) is 6.23 Å². The van der Waals surface area contributed by atoms with Gasteiger partial charge in [0.05, 0.1) is 6.10 Å². The van der Waals surface area contributed by atoms with Gasteiger partial charge < -0.3 is 25.8 Å². The van der Waals surface area contributed by atoms with Crippen molar-refractivity contribution in [1.29, 1.82) is 0 Å². The number of hydrogen-bond donors (Lipinski definition) is 4. The third-order valence-corrected chi connectivity index (χ3v) is 3.28. The first kappa shape index (κ1) is 13.9. The highest BCUT2D eigenvalue weighted by molar-refractivity contribution is 5.23. The predicted octanol–water partition coefficient (Wildman–Crippen LogP) is -1.78. The van der Waals surface area contributed by atoms with Crippen LogP contribution in [-0.4, -0.2) is 48.8 Å². The van der Waals surface area contributed by atoms with Crippen LogP contribution in [0.4, 0.5) is 5.82 Å². The van der Waals surface area contributed by atoms with E-state index in [1.807, 2.05) is 0 Å². The molecule has 19 heavy (non-hydrogen) atoms. The highest BCUT2D eigenvalue weighted by Crippen LogP contribution is 2.38. The minimum Gasteiger partial charge on any atom is -0.391 e. The Morgan fingerprint density at radius 3 is 2.74 bits per heavy atom. The van der Waals surface area contributed by atoms with Crippen LogP contribution in [0.2, 0.25) is 0 Å². The van der Waals surface area contributed by atoms with Crippen molar-refractivity contribution in [2.24, 2.45) is 0 Å². The summed E-state index contributed by atoms with van der Waals surface area (Å²) in [6.07, 6.45) is -3.15. The van der Waals surface area contributed by atoms with Crippen LogP contribution in [0.15, 0.2) is 17.1 Å². The van der Waals surface area contributed by atoms with E-state index in [1.54, 1.807) is 0 Å². The Morgan fingerprint density at radius 2 is 2.26 bits per heavy atom. The van der Waals surface area contributed by atoms with Gasteiger partial charge in [-0.2, -0.15) is 4.98 Å². The summed E-state index contributed by atoms with van der Waals surface area (Å²) in [6, 6.07) is 1.38. The molecule has 0 radical (unpaired) electrons. The quantitative estimate of drug-likeness (QED) is 0.500. The first-order valence-corrected chi connectivity index (χ1v) is 5.83. The van der Waals surface area contributed by atoms with Crippen LogP contribution in [0.25, 0.3) is 0 Å². The van der Waals surface area contributed by atoms with Gasteiger partial charge in [-0.3, -0.25) is 4.57 Å². The van der Waals surface area contributed by atoms with Gasteiger partial charge in [-0.05, 0) is 19.9 Å². The molecule has 5 N–H and O–H groups in total. The first-order valence-electron chi connectivity index (χ1n) is 5.83. The number of anilines is 1. The molecule has 1 fully saturated rings. The fourth-order valence-electron chi connectivity index (χ4n) is 2.17. The Bertz CT molecular complexity index is 527. The van der Waals surface area contributed by atoms with Crippen LogP contribution in [0.5, 0.6) is 0 Å². The van der Waals surface area contributed by atoms with E-state index in [1.165, 1.54) is 26.1 Å². The van der Waals surface area contributed by atoms with Crippen LogP contribution in [-0.2, 0) is 4.74 Å². The maximum atomic E-state index is 11.7. The molecule has 8 nitrogen and oxygen atoms in total. The van der Waals surface area contributed by atoms with Gasteiger partial charge in [-0.15, -0.1) is 0 Å². The van der Waals surface area contributed by atoms with Crippen molar-refractivity contribution in [3.63, 3.8) is 0 Å². The second-order valence-corrected chi connectivity index (χ2v) is 4.91. The molecule has 2 heterocycles. The summed E-state index contributed by atoms with van der Waals surface area (Å²) in [6.45, 7) is 2.75. The molecule has 0 spiro atoms. The summed E-state index contributed by atoms with van der Waals surface area (Å²) in [5.41, 5.74) is 2.94. The van der Waals surface area contributed by atoms with Crippen LogP contribution in [0, 0.1) is 0 Å². The fraction of sp³-hybridized carbons (Fsp3) is 0.636. The van der Waals surface area contributed by atoms with E-state index >= 15 is 0 Å². The molecule has 5 atom stereocenters. The van der Waals surface area contributed by atoms with E-state index in [4.69, 9.17) is 10.5 Å². The van der Waals surface area contributed by atoms with Gasteiger partial charge in [0.25, 0.3) is 0 Å². The second kappa shape index (κ2) is 4.57. The summed E-state index contributed by atoms with van der Waals surface area (Å²) in [5, 5.41) is 29.8. The van der Waals surface area contributed by atoms with E-state index in [2.05, 4.69) is 4.98 Å². The number of aromatic nitrogens is 2. The van der Waals surface area contributed by atoms with Crippen LogP contribution < -0.4 is 11.4 Å². The van der Waals surface area contributed by atoms with Crippen LogP contribution in [0.3, 0.4) is 0 Å². The number of ether oxygens (including phenoxy) is 1. The van der Waals surface area contributed by atoms with Gasteiger partial charge in [0, 0.05) is 6.20 Å². The normalized spacial score (nSPS) is 36.4. The predicted molar refractivity (Wildman–Crippen MR) is 65.1 cm³/mol. The smallest absolute Gasteiger partial charge is 0.351 e. The SMILES string of the molecule is CC(O)C1OC(n2ccc(N)nc2=O)C(C)(O)C1O. The number of aliphatic hydroxyl groups excluding tert-OH is 2. The molecule has 1 aliphatic heterocycles. The van der Waals surface area contributed by atoms with E-state index in [-0.39, 0.29) is 5.82 Å². The topological polar surface area (TPSA) is 131 Å².